The molecule has 0 radical (unpaired) electrons. The van der Waals surface area contributed by atoms with Crippen molar-refractivity contribution in [1.29, 1.82) is 5.26 Å². The molecule has 0 unspecified atom stereocenters. The van der Waals surface area contributed by atoms with Crippen LogP contribution in [0.1, 0.15) is 23.2 Å². The van der Waals surface area contributed by atoms with Crippen LogP contribution in [-0.4, -0.2) is 11.5 Å². The number of anilines is 2. The number of benzene rings is 1. The summed E-state index contributed by atoms with van der Waals surface area (Å²) < 4.78 is 0. The molecule has 0 atom stereocenters. The number of nitrogen functional groups attached to an aromatic ring is 1. The van der Waals surface area contributed by atoms with Crippen molar-refractivity contribution in [2.45, 2.75) is 26.8 Å². The van der Waals surface area contributed by atoms with Crippen molar-refractivity contribution in [3.63, 3.8) is 0 Å². The number of aromatic nitrogens is 1. The van der Waals surface area contributed by atoms with Gasteiger partial charge in [-0.1, -0.05) is 18.2 Å². The summed E-state index contributed by atoms with van der Waals surface area (Å²) in [6.45, 7) is 5.29. The summed E-state index contributed by atoms with van der Waals surface area (Å²) in [6.07, 6.45) is 2.29. The van der Waals surface area contributed by atoms with Gasteiger partial charge < -0.3 is 10.6 Å². The molecule has 2 rings (SSSR count). The average molecular weight is 280 g/mol. The lowest BCUT2D eigenvalue weighted by molar-refractivity contribution is 0.775. The Morgan fingerprint density at radius 3 is 2.62 bits per heavy atom. The number of nitrogens with two attached hydrogens (primary N) is 1. The van der Waals surface area contributed by atoms with E-state index in [2.05, 4.69) is 16.0 Å². The van der Waals surface area contributed by atoms with Crippen molar-refractivity contribution in [3.05, 3.63) is 53.3 Å². The zero-order valence-electron chi connectivity index (χ0n) is 12.5. The molecule has 21 heavy (non-hydrogen) atoms. The van der Waals surface area contributed by atoms with E-state index in [4.69, 9.17) is 11.0 Å². The van der Waals surface area contributed by atoms with Crippen molar-refractivity contribution in [1.82, 2.24) is 4.98 Å². The summed E-state index contributed by atoms with van der Waals surface area (Å²) >= 11 is 0. The Hall–Kier alpha value is -2.54. The molecule has 0 fully saturated rings. The van der Waals surface area contributed by atoms with E-state index >= 15 is 0 Å². The molecule has 0 aliphatic heterocycles. The van der Waals surface area contributed by atoms with Gasteiger partial charge in [0.05, 0.1) is 24.7 Å². The summed E-state index contributed by atoms with van der Waals surface area (Å²) in [5.41, 5.74) is 11.0. The fourth-order valence-electron chi connectivity index (χ4n) is 2.26. The molecule has 108 valence electrons. The second-order valence-corrected chi connectivity index (χ2v) is 5.09. The maximum absolute atomic E-state index is 8.85. The van der Waals surface area contributed by atoms with Gasteiger partial charge in [0.25, 0.3) is 0 Å². The zero-order chi connectivity index (χ0) is 15.2. The quantitative estimate of drug-likeness (QED) is 0.913. The maximum atomic E-state index is 8.85. The van der Waals surface area contributed by atoms with Gasteiger partial charge in [-0.05, 0) is 37.1 Å². The highest BCUT2D eigenvalue weighted by Crippen LogP contribution is 2.22. The molecule has 0 saturated carbocycles. The van der Waals surface area contributed by atoms with Crippen LogP contribution in [0, 0.1) is 25.2 Å². The van der Waals surface area contributed by atoms with Gasteiger partial charge in [0.2, 0.25) is 0 Å². The third kappa shape index (κ3) is 3.51. The van der Waals surface area contributed by atoms with Gasteiger partial charge in [-0.2, -0.15) is 5.26 Å². The number of nitriles is 1. The van der Waals surface area contributed by atoms with E-state index < -0.39 is 0 Å². The third-order valence-electron chi connectivity index (χ3n) is 3.63. The Bertz CT molecular complexity index is 644. The smallest absolute Gasteiger partial charge is 0.0646 e. The van der Waals surface area contributed by atoms with Crippen molar-refractivity contribution in [3.8, 4) is 6.07 Å². The maximum Gasteiger partial charge on any atom is 0.0646 e. The second-order valence-electron chi connectivity index (χ2n) is 5.09. The fraction of sp³-hybridized carbons (Fsp3) is 0.294. The molecule has 4 heteroatoms. The highest BCUT2D eigenvalue weighted by Gasteiger charge is 2.12. The topological polar surface area (TPSA) is 65.9 Å². The lowest BCUT2D eigenvalue weighted by Crippen LogP contribution is -2.25. The number of pyridine rings is 1. The van der Waals surface area contributed by atoms with Gasteiger partial charge in [-0.15, -0.1) is 0 Å². The van der Waals surface area contributed by atoms with E-state index in [1.54, 1.807) is 0 Å². The first-order chi connectivity index (χ1) is 10.1. The van der Waals surface area contributed by atoms with Crippen LogP contribution in [0.5, 0.6) is 0 Å². The van der Waals surface area contributed by atoms with Crippen LogP contribution in [-0.2, 0) is 6.54 Å². The molecule has 0 spiro atoms. The van der Waals surface area contributed by atoms with Crippen molar-refractivity contribution >= 4 is 11.4 Å². The minimum Gasteiger partial charge on any atom is -0.398 e. The van der Waals surface area contributed by atoms with Gasteiger partial charge in [0.1, 0.15) is 0 Å². The molecule has 0 amide bonds. The number of hydrogen-bond acceptors (Lipinski definition) is 4. The highest BCUT2D eigenvalue weighted by molar-refractivity contribution is 5.54. The molecule has 1 aromatic carbocycles. The molecule has 1 aromatic heterocycles. The third-order valence-corrected chi connectivity index (χ3v) is 3.63. The number of rotatable bonds is 5. The highest BCUT2D eigenvalue weighted by atomic mass is 15.1. The van der Waals surface area contributed by atoms with Gasteiger partial charge in [0.15, 0.2) is 0 Å². The minimum absolute atomic E-state index is 0.481. The van der Waals surface area contributed by atoms with Crippen LogP contribution in [0.4, 0.5) is 11.4 Å². The molecule has 0 aliphatic carbocycles. The standard InChI is InChI=1S/C17H20N4/c1-13-11-20-16(14(2)17(13)19)12-21(10-6-9-18)15-7-4-3-5-8-15/h3-5,7-8,11H,6,10,12H2,1-2H3,(H2,19,20). The van der Waals surface area contributed by atoms with E-state index in [9.17, 15) is 0 Å². The van der Waals surface area contributed by atoms with Gasteiger partial charge >= 0.3 is 0 Å². The van der Waals surface area contributed by atoms with Crippen molar-refractivity contribution < 1.29 is 0 Å². The molecular weight excluding hydrogens is 260 g/mol. The Balaban J connectivity index is 2.28. The number of aryl methyl sites for hydroxylation is 1. The van der Waals surface area contributed by atoms with E-state index in [0.717, 1.165) is 28.2 Å². The van der Waals surface area contributed by atoms with Gasteiger partial charge in [0, 0.05) is 24.1 Å². The van der Waals surface area contributed by atoms with Gasteiger partial charge in [-0.25, -0.2) is 0 Å². The summed E-state index contributed by atoms with van der Waals surface area (Å²) in [6, 6.07) is 12.3. The fourth-order valence-corrected chi connectivity index (χ4v) is 2.26. The zero-order valence-corrected chi connectivity index (χ0v) is 12.5. The van der Waals surface area contributed by atoms with Gasteiger partial charge in [-0.3, -0.25) is 4.98 Å². The average Bonchev–Trinajstić information content (AvgIpc) is 2.52. The number of nitrogens with zero attached hydrogens (tertiary/aromatic N) is 3. The largest absolute Gasteiger partial charge is 0.398 e. The Kier molecular flexibility index (Phi) is 4.78. The summed E-state index contributed by atoms with van der Waals surface area (Å²) in [7, 11) is 0. The molecule has 1 heterocycles. The molecule has 0 saturated heterocycles. The van der Waals surface area contributed by atoms with E-state index in [-0.39, 0.29) is 0 Å². The lowest BCUT2D eigenvalue weighted by atomic mass is 10.1. The van der Waals surface area contributed by atoms with Crippen LogP contribution in [0.3, 0.4) is 0 Å². The molecular formula is C17H20N4. The Labute approximate surface area is 125 Å². The Morgan fingerprint density at radius 2 is 1.95 bits per heavy atom. The molecule has 2 N–H and O–H groups in total. The predicted molar refractivity (Wildman–Crippen MR) is 85.8 cm³/mol. The van der Waals surface area contributed by atoms with Crippen molar-refractivity contribution in [2.24, 2.45) is 0 Å². The molecule has 0 aliphatic rings. The summed E-state index contributed by atoms with van der Waals surface area (Å²) in [4.78, 5) is 6.67. The van der Waals surface area contributed by atoms with E-state index in [1.807, 2.05) is 50.4 Å². The SMILES string of the molecule is Cc1cnc(CN(CCC#N)c2ccccc2)c(C)c1N. The second kappa shape index (κ2) is 6.76. The molecule has 0 bridgehead atoms. The van der Waals surface area contributed by atoms with Crippen LogP contribution in [0.25, 0.3) is 0 Å². The van der Waals surface area contributed by atoms with Crippen molar-refractivity contribution in [2.75, 3.05) is 17.2 Å². The summed E-state index contributed by atoms with van der Waals surface area (Å²) in [5, 5.41) is 8.85. The predicted octanol–water partition coefficient (Wildman–Crippen LogP) is 3.20. The number of para-hydroxylation sites is 1. The van der Waals surface area contributed by atoms with E-state index in [1.165, 1.54) is 0 Å². The first kappa shape index (κ1) is 14.9. The van der Waals surface area contributed by atoms with Crippen LogP contribution < -0.4 is 10.6 Å². The normalized spacial score (nSPS) is 10.1. The minimum atomic E-state index is 0.481. The first-order valence-corrected chi connectivity index (χ1v) is 7.01. The van der Waals surface area contributed by atoms with Crippen LogP contribution in [0.15, 0.2) is 36.5 Å². The van der Waals surface area contributed by atoms with E-state index in [0.29, 0.717) is 19.5 Å². The van der Waals surface area contributed by atoms with Crippen LogP contribution in [0.2, 0.25) is 0 Å². The molecule has 4 nitrogen and oxygen atoms in total. The lowest BCUT2D eigenvalue weighted by Gasteiger charge is -2.24. The monoisotopic (exact) mass is 280 g/mol. The molecule has 2 aromatic rings. The number of hydrogen-bond donors (Lipinski definition) is 1. The Morgan fingerprint density at radius 1 is 1.24 bits per heavy atom. The first-order valence-electron chi connectivity index (χ1n) is 7.01. The van der Waals surface area contributed by atoms with Crippen LogP contribution >= 0.6 is 0 Å². The summed E-state index contributed by atoms with van der Waals surface area (Å²) in [5.74, 6) is 0.